The molecule has 0 aliphatic heterocycles. The van der Waals surface area contributed by atoms with E-state index in [1.807, 2.05) is 6.07 Å². The first kappa shape index (κ1) is 10.9. The van der Waals surface area contributed by atoms with E-state index in [4.69, 9.17) is 5.26 Å². The molecule has 14 heavy (non-hydrogen) atoms. The maximum atomic E-state index is 13.1. The van der Waals surface area contributed by atoms with Crippen molar-refractivity contribution in [2.75, 3.05) is 0 Å². The Morgan fingerprint density at radius 3 is 2.93 bits per heavy atom. The molecule has 0 bridgehead atoms. The second-order valence-corrected chi connectivity index (χ2v) is 3.62. The fourth-order valence-electron chi connectivity index (χ4n) is 1.02. The van der Waals surface area contributed by atoms with Gasteiger partial charge in [0.1, 0.15) is 5.82 Å². The molecule has 0 aromatic heterocycles. The van der Waals surface area contributed by atoms with Gasteiger partial charge in [-0.25, -0.2) is 4.39 Å². The van der Waals surface area contributed by atoms with Crippen LogP contribution in [-0.2, 0) is 0 Å². The van der Waals surface area contributed by atoms with Crippen LogP contribution < -0.4 is 0 Å². The zero-order valence-electron chi connectivity index (χ0n) is 7.26. The van der Waals surface area contributed by atoms with Crippen molar-refractivity contribution in [3.8, 4) is 6.07 Å². The number of halogens is 2. The molecule has 2 nitrogen and oxygen atoms in total. The zero-order valence-corrected chi connectivity index (χ0v) is 8.84. The maximum absolute atomic E-state index is 13.1. The molecule has 0 amide bonds. The Bertz CT molecular complexity index is 398. The third-order valence-corrected chi connectivity index (χ3v) is 2.19. The molecular weight excluding hydrogens is 249 g/mol. The predicted molar refractivity (Wildman–Crippen MR) is 53.3 cm³/mol. The molecule has 0 atom stereocenters. The second kappa shape index (κ2) is 4.87. The number of benzene rings is 1. The van der Waals surface area contributed by atoms with Gasteiger partial charge in [-0.2, -0.15) is 5.26 Å². The van der Waals surface area contributed by atoms with Crippen LogP contribution in [0.15, 0.2) is 22.7 Å². The topological polar surface area (TPSA) is 40.9 Å². The van der Waals surface area contributed by atoms with E-state index >= 15 is 0 Å². The fourth-order valence-corrected chi connectivity index (χ4v) is 1.38. The van der Waals surface area contributed by atoms with Crippen LogP contribution >= 0.6 is 15.9 Å². The first-order valence-corrected chi connectivity index (χ1v) is 4.79. The lowest BCUT2D eigenvalue weighted by atomic mass is 10.1. The number of carbonyl (C=O) groups is 1. The molecule has 72 valence electrons. The van der Waals surface area contributed by atoms with Crippen LogP contribution in [0.1, 0.15) is 23.2 Å². The molecule has 0 aliphatic rings. The van der Waals surface area contributed by atoms with E-state index in [2.05, 4.69) is 15.9 Å². The highest BCUT2D eigenvalue weighted by atomic mass is 79.9. The summed E-state index contributed by atoms with van der Waals surface area (Å²) in [5, 5.41) is 8.28. The fraction of sp³-hybridized carbons (Fsp3) is 0.200. The number of ketones is 1. The van der Waals surface area contributed by atoms with Gasteiger partial charge in [-0.3, -0.25) is 4.79 Å². The van der Waals surface area contributed by atoms with Crippen LogP contribution in [0.3, 0.4) is 0 Å². The third kappa shape index (κ3) is 2.64. The van der Waals surface area contributed by atoms with Gasteiger partial charge in [-0.1, -0.05) is 15.9 Å². The summed E-state index contributed by atoms with van der Waals surface area (Å²) < 4.78 is 13.8. The van der Waals surface area contributed by atoms with Crippen molar-refractivity contribution >= 4 is 21.7 Å². The molecule has 0 aliphatic carbocycles. The average Bonchev–Trinajstić information content (AvgIpc) is 2.18. The monoisotopic (exact) mass is 255 g/mol. The molecule has 0 radical (unpaired) electrons. The quantitative estimate of drug-likeness (QED) is 0.779. The summed E-state index contributed by atoms with van der Waals surface area (Å²) in [6, 6.07) is 6.02. The van der Waals surface area contributed by atoms with Crippen LogP contribution in [0, 0.1) is 17.1 Å². The summed E-state index contributed by atoms with van der Waals surface area (Å²) in [4.78, 5) is 11.4. The maximum Gasteiger partial charge on any atom is 0.166 e. The molecule has 0 fully saturated rings. The summed E-state index contributed by atoms with van der Waals surface area (Å²) in [5.41, 5.74) is 0.0367. The molecule has 0 saturated heterocycles. The molecule has 0 unspecified atom stereocenters. The van der Waals surface area contributed by atoms with Gasteiger partial charge in [0.05, 0.1) is 11.6 Å². The van der Waals surface area contributed by atoms with Gasteiger partial charge in [0, 0.05) is 17.3 Å². The summed E-state index contributed by atoms with van der Waals surface area (Å²) in [7, 11) is 0. The van der Waals surface area contributed by atoms with Crippen molar-refractivity contribution in [2.45, 2.75) is 12.8 Å². The van der Waals surface area contributed by atoms with Gasteiger partial charge in [-0.05, 0) is 18.2 Å². The minimum Gasteiger partial charge on any atom is -0.294 e. The number of nitriles is 1. The zero-order chi connectivity index (χ0) is 10.6. The van der Waals surface area contributed by atoms with E-state index in [1.54, 1.807) is 0 Å². The molecule has 1 aromatic rings. The lowest BCUT2D eigenvalue weighted by Crippen LogP contribution is -2.01. The molecule has 0 heterocycles. The molecular formula is C10H7BrFNO. The smallest absolute Gasteiger partial charge is 0.166 e. The molecule has 0 saturated carbocycles. The molecule has 1 rings (SSSR count). The van der Waals surface area contributed by atoms with E-state index in [0.29, 0.717) is 4.47 Å². The van der Waals surface area contributed by atoms with Crippen LogP contribution in [0.25, 0.3) is 0 Å². The van der Waals surface area contributed by atoms with Crippen molar-refractivity contribution < 1.29 is 9.18 Å². The molecule has 0 N–H and O–H groups in total. The highest BCUT2D eigenvalue weighted by Crippen LogP contribution is 2.17. The number of Topliss-reactive ketones (excluding diaryl/α,β-unsaturated/α-hetero) is 1. The number of nitrogens with zero attached hydrogens (tertiary/aromatic N) is 1. The number of hydrogen-bond acceptors (Lipinski definition) is 2. The van der Waals surface area contributed by atoms with E-state index < -0.39 is 5.82 Å². The van der Waals surface area contributed by atoms with Gasteiger partial charge in [-0.15, -0.1) is 0 Å². The largest absolute Gasteiger partial charge is 0.294 e. The number of rotatable bonds is 3. The van der Waals surface area contributed by atoms with Crippen LogP contribution in [0.2, 0.25) is 0 Å². The van der Waals surface area contributed by atoms with E-state index in [1.165, 1.54) is 18.2 Å². The third-order valence-electron chi connectivity index (χ3n) is 1.69. The summed E-state index contributed by atoms with van der Waals surface area (Å²) >= 11 is 3.15. The Kier molecular flexibility index (Phi) is 3.78. The van der Waals surface area contributed by atoms with Gasteiger partial charge in [0.25, 0.3) is 0 Å². The van der Waals surface area contributed by atoms with Crippen LogP contribution in [0.5, 0.6) is 0 Å². The Morgan fingerprint density at radius 2 is 2.29 bits per heavy atom. The minimum absolute atomic E-state index is 0.0367. The number of carbonyl (C=O) groups excluding carboxylic acids is 1. The standard InChI is InChI=1S/C10H7BrFNO/c11-7-3-4-9(12)8(6-7)10(14)2-1-5-13/h3-4,6H,1-2H2. The first-order chi connectivity index (χ1) is 6.65. The normalized spacial score (nSPS) is 9.50. The van der Waals surface area contributed by atoms with Gasteiger partial charge >= 0.3 is 0 Å². The van der Waals surface area contributed by atoms with Gasteiger partial charge in [0.2, 0.25) is 0 Å². The van der Waals surface area contributed by atoms with Crippen molar-refractivity contribution in [1.82, 2.24) is 0 Å². The Morgan fingerprint density at radius 1 is 1.57 bits per heavy atom. The van der Waals surface area contributed by atoms with Crippen molar-refractivity contribution in [3.05, 3.63) is 34.1 Å². The van der Waals surface area contributed by atoms with Crippen molar-refractivity contribution in [3.63, 3.8) is 0 Å². The van der Waals surface area contributed by atoms with E-state index in [0.717, 1.165) is 0 Å². The Labute approximate surface area is 89.5 Å². The average molecular weight is 256 g/mol. The van der Waals surface area contributed by atoms with Crippen molar-refractivity contribution in [2.24, 2.45) is 0 Å². The molecule has 0 spiro atoms. The molecule has 1 aromatic carbocycles. The van der Waals surface area contributed by atoms with Crippen molar-refractivity contribution in [1.29, 1.82) is 5.26 Å². The predicted octanol–water partition coefficient (Wildman–Crippen LogP) is 3.07. The highest BCUT2D eigenvalue weighted by molar-refractivity contribution is 9.10. The Hall–Kier alpha value is -1.21. The lowest BCUT2D eigenvalue weighted by molar-refractivity contribution is 0.0980. The van der Waals surface area contributed by atoms with Crippen LogP contribution in [0.4, 0.5) is 4.39 Å². The first-order valence-electron chi connectivity index (χ1n) is 4.00. The molecule has 4 heteroatoms. The van der Waals surface area contributed by atoms with Gasteiger partial charge in [0.15, 0.2) is 5.78 Å². The number of hydrogen-bond donors (Lipinski definition) is 0. The highest BCUT2D eigenvalue weighted by Gasteiger charge is 2.11. The van der Waals surface area contributed by atoms with Gasteiger partial charge < -0.3 is 0 Å². The van der Waals surface area contributed by atoms with E-state index in [9.17, 15) is 9.18 Å². The summed E-state index contributed by atoms with van der Waals surface area (Å²) in [6.45, 7) is 0. The minimum atomic E-state index is -0.545. The summed E-state index contributed by atoms with van der Waals surface area (Å²) in [5.74, 6) is -0.888. The Balaban J connectivity index is 2.90. The SMILES string of the molecule is N#CCCC(=O)c1cc(Br)ccc1F. The summed E-state index contributed by atoms with van der Waals surface area (Å²) in [6.07, 6.45) is 0.175. The van der Waals surface area contributed by atoms with Crippen LogP contribution in [-0.4, -0.2) is 5.78 Å². The second-order valence-electron chi connectivity index (χ2n) is 2.71. The lowest BCUT2D eigenvalue weighted by Gasteiger charge is -2.00. The van der Waals surface area contributed by atoms with E-state index in [-0.39, 0.29) is 24.2 Å².